The minimum absolute atomic E-state index is 0.0432. The molecule has 10 heteroatoms. The number of imide groups is 1. The van der Waals surface area contributed by atoms with Crippen molar-refractivity contribution in [3.05, 3.63) is 22.2 Å². The normalized spacial score (nSPS) is 24.4. The van der Waals surface area contributed by atoms with Crippen LogP contribution in [0.25, 0.3) is 0 Å². The SMILES string of the molecule is COc1cc(N2CCN(C(=O)CC[C@@]3(C)NC(=O)NC3=O)C[C@@H]2C)cc(Cl)c1Cl. The van der Waals surface area contributed by atoms with E-state index in [-0.39, 0.29) is 24.8 Å². The van der Waals surface area contributed by atoms with Gasteiger partial charge < -0.3 is 19.9 Å². The maximum atomic E-state index is 12.7. The summed E-state index contributed by atoms with van der Waals surface area (Å²) < 4.78 is 5.29. The molecule has 8 nitrogen and oxygen atoms in total. The van der Waals surface area contributed by atoms with E-state index in [0.29, 0.717) is 35.4 Å². The van der Waals surface area contributed by atoms with Crippen molar-refractivity contribution in [2.45, 2.75) is 38.3 Å². The van der Waals surface area contributed by atoms with Gasteiger partial charge >= 0.3 is 6.03 Å². The molecule has 2 saturated heterocycles. The topological polar surface area (TPSA) is 91.0 Å². The van der Waals surface area contributed by atoms with Gasteiger partial charge in [0.15, 0.2) is 0 Å². The second-order valence-electron chi connectivity index (χ2n) is 7.57. The first-order chi connectivity index (χ1) is 13.6. The van der Waals surface area contributed by atoms with Crippen LogP contribution in [-0.2, 0) is 9.59 Å². The molecular formula is C19H24Cl2N4O4. The minimum atomic E-state index is -1.04. The molecule has 1 aromatic carbocycles. The fourth-order valence-electron chi connectivity index (χ4n) is 3.70. The predicted octanol–water partition coefficient (Wildman–Crippen LogP) is 2.42. The Morgan fingerprint density at radius 2 is 2.03 bits per heavy atom. The zero-order valence-electron chi connectivity index (χ0n) is 16.6. The van der Waals surface area contributed by atoms with Gasteiger partial charge in [-0.2, -0.15) is 0 Å². The average molecular weight is 443 g/mol. The quantitative estimate of drug-likeness (QED) is 0.683. The molecule has 29 heavy (non-hydrogen) atoms. The third-order valence-electron chi connectivity index (χ3n) is 5.47. The van der Waals surface area contributed by atoms with Crippen molar-refractivity contribution in [3.8, 4) is 5.75 Å². The third-order valence-corrected chi connectivity index (χ3v) is 6.25. The molecule has 2 N–H and O–H groups in total. The number of anilines is 1. The zero-order valence-corrected chi connectivity index (χ0v) is 18.1. The molecule has 1 aromatic rings. The molecule has 158 valence electrons. The Morgan fingerprint density at radius 3 is 2.62 bits per heavy atom. The van der Waals surface area contributed by atoms with Crippen LogP contribution in [0.4, 0.5) is 10.5 Å². The molecule has 0 aliphatic carbocycles. The number of nitrogens with zero attached hydrogens (tertiary/aromatic N) is 2. The van der Waals surface area contributed by atoms with Gasteiger partial charge in [-0.1, -0.05) is 23.2 Å². The highest BCUT2D eigenvalue weighted by Crippen LogP contribution is 2.37. The van der Waals surface area contributed by atoms with Gasteiger partial charge in [-0.05, 0) is 26.3 Å². The lowest BCUT2D eigenvalue weighted by molar-refractivity contribution is -0.132. The van der Waals surface area contributed by atoms with Gasteiger partial charge in [0, 0.05) is 43.9 Å². The second kappa shape index (κ2) is 8.28. The average Bonchev–Trinajstić information content (AvgIpc) is 2.93. The largest absolute Gasteiger partial charge is 0.495 e. The van der Waals surface area contributed by atoms with E-state index >= 15 is 0 Å². The van der Waals surface area contributed by atoms with Gasteiger partial charge in [0.1, 0.15) is 16.3 Å². The maximum absolute atomic E-state index is 12.7. The van der Waals surface area contributed by atoms with Gasteiger partial charge in [0.25, 0.3) is 5.91 Å². The summed E-state index contributed by atoms with van der Waals surface area (Å²) in [6, 6.07) is 3.16. The second-order valence-corrected chi connectivity index (χ2v) is 8.35. The molecule has 2 atom stereocenters. The van der Waals surface area contributed by atoms with Gasteiger partial charge in [-0.15, -0.1) is 0 Å². The highest BCUT2D eigenvalue weighted by Gasteiger charge is 2.42. The van der Waals surface area contributed by atoms with Crippen LogP contribution >= 0.6 is 23.2 Å². The number of methoxy groups -OCH3 is 1. The zero-order chi connectivity index (χ0) is 21.3. The first-order valence-corrected chi connectivity index (χ1v) is 10.1. The number of piperazine rings is 1. The van der Waals surface area contributed by atoms with Crippen molar-refractivity contribution in [2.24, 2.45) is 0 Å². The molecule has 0 spiro atoms. The smallest absolute Gasteiger partial charge is 0.322 e. The minimum Gasteiger partial charge on any atom is -0.495 e. The first kappa shape index (κ1) is 21.5. The van der Waals surface area contributed by atoms with Crippen molar-refractivity contribution in [1.82, 2.24) is 15.5 Å². The number of carbonyl (C=O) groups excluding carboxylic acids is 3. The van der Waals surface area contributed by atoms with E-state index in [9.17, 15) is 14.4 Å². The van der Waals surface area contributed by atoms with Crippen LogP contribution in [0, 0.1) is 0 Å². The summed E-state index contributed by atoms with van der Waals surface area (Å²) in [6.07, 6.45) is 0.430. The summed E-state index contributed by atoms with van der Waals surface area (Å²) in [4.78, 5) is 39.9. The molecule has 2 fully saturated rings. The molecule has 0 aromatic heterocycles. The van der Waals surface area contributed by atoms with Gasteiger partial charge in [-0.25, -0.2) is 4.79 Å². The Hall–Kier alpha value is -2.19. The lowest BCUT2D eigenvalue weighted by Crippen LogP contribution is -2.54. The molecule has 3 rings (SSSR count). The Labute approximate surface area is 179 Å². The van der Waals surface area contributed by atoms with Crippen molar-refractivity contribution in [3.63, 3.8) is 0 Å². The van der Waals surface area contributed by atoms with Gasteiger partial charge in [0.05, 0.1) is 12.1 Å². The van der Waals surface area contributed by atoms with E-state index in [1.807, 2.05) is 13.0 Å². The van der Waals surface area contributed by atoms with E-state index < -0.39 is 17.5 Å². The van der Waals surface area contributed by atoms with Gasteiger partial charge in [-0.3, -0.25) is 14.9 Å². The van der Waals surface area contributed by atoms with Crippen molar-refractivity contribution < 1.29 is 19.1 Å². The maximum Gasteiger partial charge on any atom is 0.322 e. The number of carbonyl (C=O) groups is 3. The monoisotopic (exact) mass is 442 g/mol. The molecule has 0 radical (unpaired) electrons. The molecule has 2 aliphatic heterocycles. The summed E-state index contributed by atoms with van der Waals surface area (Å²) in [5.41, 5.74) is -0.162. The fourth-order valence-corrected chi connectivity index (χ4v) is 4.09. The predicted molar refractivity (Wildman–Crippen MR) is 111 cm³/mol. The van der Waals surface area contributed by atoms with Crippen LogP contribution in [0.1, 0.15) is 26.7 Å². The lowest BCUT2D eigenvalue weighted by Gasteiger charge is -2.41. The van der Waals surface area contributed by atoms with Gasteiger partial charge in [0.2, 0.25) is 5.91 Å². The molecule has 2 aliphatic rings. The Balaban J connectivity index is 1.61. The van der Waals surface area contributed by atoms with Crippen LogP contribution in [-0.4, -0.2) is 61.1 Å². The van der Waals surface area contributed by atoms with Crippen molar-refractivity contribution in [1.29, 1.82) is 0 Å². The number of amides is 4. The molecule has 0 unspecified atom stereocenters. The molecular weight excluding hydrogens is 419 g/mol. The number of hydrogen-bond acceptors (Lipinski definition) is 5. The van der Waals surface area contributed by atoms with Crippen LogP contribution in [0.2, 0.25) is 10.0 Å². The van der Waals surface area contributed by atoms with Crippen LogP contribution in [0.3, 0.4) is 0 Å². The van der Waals surface area contributed by atoms with E-state index in [1.54, 1.807) is 17.9 Å². The molecule has 0 bridgehead atoms. The summed E-state index contributed by atoms with van der Waals surface area (Å²) in [6.45, 7) is 5.36. The fraction of sp³-hybridized carbons (Fsp3) is 0.526. The third kappa shape index (κ3) is 4.38. The van der Waals surface area contributed by atoms with E-state index in [0.717, 1.165) is 5.69 Å². The number of ether oxygens (including phenoxy) is 1. The Morgan fingerprint density at radius 1 is 1.31 bits per heavy atom. The van der Waals surface area contributed by atoms with Crippen LogP contribution in [0.15, 0.2) is 12.1 Å². The number of rotatable bonds is 5. The van der Waals surface area contributed by atoms with E-state index in [1.165, 1.54) is 7.11 Å². The summed E-state index contributed by atoms with van der Waals surface area (Å²) in [5, 5.41) is 5.58. The van der Waals surface area contributed by atoms with Crippen LogP contribution < -0.4 is 20.3 Å². The molecule has 0 saturated carbocycles. The van der Waals surface area contributed by atoms with E-state index in [2.05, 4.69) is 15.5 Å². The number of hydrogen-bond donors (Lipinski definition) is 2. The summed E-state index contributed by atoms with van der Waals surface area (Å²) >= 11 is 12.4. The molecule has 2 heterocycles. The first-order valence-electron chi connectivity index (χ1n) is 9.35. The Kier molecular flexibility index (Phi) is 6.14. The highest BCUT2D eigenvalue weighted by molar-refractivity contribution is 6.43. The number of urea groups is 1. The lowest BCUT2D eigenvalue weighted by atomic mass is 9.95. The summed E-state index contributed by atoms with van der Waals surface area (Å²) in [5.74, 6) is 0.0606. The number of nitrogens with one attached hydrogen (secondary N) is 2. The van der Waals surface area contributed by atoms with Crippen molar-refractivity contribution in [2.75, 3.05) is 31.6 Å². The number of benzene rings is 1. The van der Waals surface area contributed by atoms with Crippen LogP contribution in [0.5, 0.6) is 5.75 Å². The number of halogens is 2. The molecule has 4 amide bonds. The van der Waals surface area contributed by atoms with Crippen molar-refractivity contribution >= 4 is 46.7 Å². The Bertz CT molecular complexity index is 850. The standard InChI is InChI=1S/C19H24Cl2N4O4/c1-11-10-24(15(26)4-5-19(2)17(27)22-18(28)23-19)6-7-25(11)12-8-13(20)16(21)14(9-12)29-3/h8-9,11H,4-7,10H2,1-3H3,(H2,22,23,27,28)/t11-,19+/m0/s1. The van der Waals surface area contributed by atoms with E-state index in [4.69, 9.17) is 27.9 Å². The summed E-state index contributed by atoms with van der Waals surface area (Å²) in [7, 11) is 1.54. The highest BCUT2D eigenvalue weighted by atomic mass is 35.5.